The summed E-state index contributed by atoms with van der Waals surface area (Å²) in [6, 6.07) is 14.0. The average molecular weight is 531 g/mol. The Kier molecular flexibility index (Phi) is 9.23. The lowest BCUT2D eigenvalue weighted by atomic mass is 10.3. The number of aromatic nitrogens is 2. The zero-order valence-corrected chi connectivity index (χ0v) is 21.4. The van der Waals surface area contributed by atoms with Gasteiger partial charge in [0.2, 0.25) is 16.0 Å². The quantitative estimate of drug-likeness (QED) is 0.304. The highest BCUT2D eigenvalue weighted by Gasteiger charge is 2.14. The molecule has 0 bridgehead atoms. The smallest absolute Gasteiger partial charge is 0.240 e. The Hall–Kier alpha value is -3.32. The molecule has 4 rings (SSSR count). The van der Waals surface area contributed by atoms with Gasteiger partial charge in [-0.15, -0.1) is 0 Å². The van der Waals surface area contributed by atoms with Gasteiger partial charge in [-0.2, -0.15) is 4.98 Å². The van der Waals surface area contributed by atoms with Crippen LogP contribution in [0.2, 0.25) is 0 Å². The second kappa shape index (κ2) is 12.8. The third-order valence-corrected chi connectivity index (χ3v) is 7.06. The first-order valence-electron chi connectivity index (χ1n) is 12.0. The number of ether oxygens (including phenoxy) is 2. The molecule has 0 amide bonds. The highest BCUT2D eigenvalue weighted by Crippen LogP contribution is 2.18. The number of aryl methyl sites for hydroxylation is 1. The van der Waals surface area contributed by atoms with Crippen LogP contribution in [0.25, 0.3) is 0 Å². The van der Waals surface area contributed by atoms with Crippen molar-refractivity contribution >= 4 is 27.5 Å². The number of hydrogen-bond donors (Lipinski definition) is 3. The topological polar surface area (TPSA) is 118 Å². The Labute approximate surface area is 216 Å². The Bertz CT molecular complexity index is 1250. The van der Waals surface area contributed by atoms with E-state index in [4.69, 9.17) is 9.47 Å². The van der Waals surface area contributed by atoms with E-state index in [0.717, 1.165) is 38.5 Å². The van der Waals surface area contributed by atoms with Crippen molar-refractivity contribution in [3.63, 3.8) is 0 Å². The van der Waals surface area contributed by atoms with Gasteiger partial charge in [-0.05, 0) is 55.5 Å². The molecule has 2 heterocycles. The summed E-state index contributed by atoms with van der Waals surface area (Å²) in [6.07, 6.45) is 0. The molecule has 0 radical (unpaired) electrons. The van der Waals surface area contributed by atoms with Gasteiger partial charge in [0.15, 0.2) is 0 Å². The largest absolute Gasteiger partial charge is 0.492 e. The summed E-state index contributed by atoms with van der Waals surface area (Å²) in [7, 11) is -3.68. The monoisotopic (exact) mass is 530 g/mol. The second-order valence-electron chi connectivity index (χ2n) is 8.45. The second-order valence-corrected chi connectivity index (χ2v) is 10.2. The molecule has 1 saturated heterocycles. The number of nitrogens with one attached hydrogen (secondary N) is 3. The lowest BCUT2D eigenvalue weighted by Crippen LogP contribution is -2.38. The maximum Gasteiger partial charge on any atom is 0.240 e. The summed E-state index contributed by atoms with van der Waals surface area (Å²) in [5.41, 5.74) is 1.40. The Morgan fingerprint density at radius 1 is 1.03 bits per heavy atom. The molecule has 3 aromatic rings. The van der Waals surface area contributed by atoms with Crippen LogP contribution in [0.1, 0.15) is 5.69 Å². The molecule has 10 nitrogen and oxygen atoms in total. The number of halogens is 1. The van der Waals surface area contributed by atoms with Crippen molar-refractivity contribution in [3.8, 4) is 5.75 Å². The molecule has 1 aliphatic heterocycles. The Balaban J connectivity index is 1.22. The number of benzene rings is 2. The van der Waals surface area contributed by atoms with Crippen molar-refractivity contribution in [2.75, 3.05) is 63.2 Å². The molecule has 3 N–H and O–H groups in total. The third kappa shape index (κ3) is 8.35. The van der Waals surface area contributed by atoms with Crippen LogP contribution in [-0.2, 0) is 14.8 Å². The van der Waals surface area contributed by atoms with E-state index in [1.165, 1.54) is 24.3 Å². The van der Waals surface area contributed by atoms with E-state index in [2.05, 4.69) is 30.2 Å². The van der Waals surface area contributed by atoms with Gasteiger partial charge in [-0.25, -0.2) is 22.5 Å². The van der Waals surface area contributed by atoms with Crippen molar-refractivity contribution in [3.05, 3.63) is 66.1 Å². The summed E-state index contributed by atoms with van der Waals surface area (Å²) in [4.78, 5) is 11.1. The van der Waals surface area contributed by atoms with Gasteiger partial charge < -0.3 is 20.1 Å². The van der Waals surface area contributed by atoms with E-state index in [9.17, 15) is 12.8 Å². The molecule has 37 heavy (non-hydrogen) atoms. The number of hydrogen-bond acceptors (Lipinski definition) is 9. The lowest BCUT2D eigenvalue weighted by Gasteiger charge is -2.26. The van der Waals surface area contributed by atoms with E-state index in [0.29, 0.717) is 29.8 Å². The minimum atomic E-state index is -3.68. The summed E-state index contributed by atoms with van der Waals surface area (Å²) in [6.45, 7) is 6.83. The van der Waals surface area contributed by atoms with Gasteiger partial charge in [-0.1, -0.05) is 0 Å². The molecule has 12 heteroatoms. The number of sulfonamides is 1. The fourth-order valence-electron chi connectivity index (χ4n) is 3.67. The fraction of sp³-hybridized carbons (Fsp3) is 0.360. The number of anilines is 3. The molecule has 0 spiro atoms. The van der Waals surface area contributed by atoms with Crippen LogP contribution in [0.3, 0.4) is 0 Å². The van der Waals surface area contributed by atoms with E-state index in [1.807, 2.05) is 6.92 Å². The van der Waals surface area contributed by atoms with Crippen LogP contribution in [0.5, 0.6) is 5.75 Å². The summed E-state index contributed by atoms with van der Waals surface area (Å²) in [5, 5.41) is 6.12. The first kappa shape index (κ1) is 26.7. The normalized spacial score (nSPS) is 14.3. The zero-order chi connectivity index (χ0) is 26.1. The molecule has 2 aromatic carbocycles. The first-order chi connectivity index (χ1) is 17.9. The Morgan fingerprint density at radius 2 is 1.76 bits per heavy atom. The maximum absolute atomic E-state index is 13.1. The highest BCUT2D eigenvalue weighted by atomic mass is 32.2. The van der Waals surface area contributed by atoms with E-state index < -0.39 is 10.0 Å². The van der Waals surface area contributed by atoms with Crippen LogP contribution in [0, 0.1) is 12.7 Å². The molecular formula is C25H31FN6O4S. The summed E-state index contributed by atoms with van der Waals surface area (Å²) >= 11 is 0. The van der Waals surface area contributed by atoms with Crippen LogP contribution in [0.4, 0.5) is 21.8 Å². The average Bonchev–Trinajstić information content (AvgIpc) is 2.89. The highest BCUT2D eigenvalue weighted by molar-refractivity contribution is 7.89. The molecule has 0 aliphatic carbocycles. The SMILES string of the molecule is Cc1cc(Nc2ccc(F)cc2)nc(NCCNS(=O)(=O)c2ccc(OCCN3CCOCC3)cc2)n1. The first-order valence-corrected chi connectivity index (χ1v) is 13.5. The van der Waals surface area contributed by atoms with Gasteiger partial charge in [0, 0.05) is 50.2 Å². The fourth-order valence-corrected chi connectivity index (χ4v) is 4.70. The lowest BCUT2D eigenvalue weighted by molar-refractivity contribution is 0.0322. The minimum absolute atomic E-state index is 0.137. The number of rotatable bonds is 12. The molecule has 0 atom stereocenters. The van der Waals surface area contributed by atoms with Gasteiger partial charge in [0.1, 0.15) is 24.0 Å². The van der Waals surface area contributed by atoms with E-state index >= 15 is 0 Å². The molecule has 0 saturated carbocycles. The van der Waals surface area contributed by atoms with Crippen LogP contribution < -0.4 is 20.1 Å². The minimum Gasteiger partial charge on any atom is -0.492 e. The van der Waals surface area contributed by atoms with Gasteiger partial charge in [0.25, 0.3) is 0 Å². The summed E-state index contributed by atoms with van der Waals surface area (Å²) < 4.78 is 52.1. The number of morpholine rings is 1. The molecular weight excluding hydrogens is 499 g/mol. The van der Waals surface area contributed by atoms with Gasteiger partial charge >= 0.3 is 0 Å². The van der Waals surface area contributed by atoms with E-state index in [-0.39, 0.29) is 23.8 Å². The van der Waals surface area contributed by atoms with Crippen molar-refractivity contribution < 1.29 is 22.3 Å². The van der Waals surface area contributed by atoms with Crippen molar-refractivity contribution in [1.29, 1.82) is 0 Å². The molecule has 198 valence electrons. The zero-order valence-electron chi connectivity index (χ0n) is 20.6. The van der Waals surface area contributed by atoms with Crippen molar-refractivity contribution in [2.24, 2.45) is 0 Å². The van der Waals surface area contributed by atoms with Gasteiger partial charge in [0.05, 0.1) is 18.1 Å². The van der Waals surface area contributed by atoms with E-state index in [1.54, 1.807) is 30.3 Å². The van der Waals surface area contributed by atoms with Crippen molar-refractivity contribution in [2.45, 2.75) is 11.8 Å². The van der Waals surface area contributed by atoms with Gasteiger partial charge in [-0.3, -0.25) is 4.90 Å². The predicted molar refractivity (Wildman–Crippen MR) is 139 cm³/mol. The predicted octanol–water partition coefficient (Wildman–Crippen LogP) is 2.77. The van der Waals surface area contributed by atoms with Crippen LogP contribution in [0.15, 0.2) is 59.5 Å². The third-order valence-electron chi connectivity index (χ3n) is 5.59. The van der Waals surface area contributed by atoms with Crippen LogP contribution >= 0.6 is 0 Å². The molecule has 1 aromatic heterocycles. The standard InChI is InChI=1S/C25H31FN6O4S/c1-19-18-24(30-21-4-2-20(26)3-5-21)31-25(29-19)27-10-11-28-37(33,34)23-8-6-22(7-9-23)36-17-14-32-12-15-35-16-13-32/h2-9,18,28H,10-17H2,1H3,(H2,27,29,30,31). The Morgan fingerprint density at radius 3 is 2.49 bits per heavy atom. The number of nitrogens with zero attached hydrogens (tertiary/aromatic N) is 3. The molecule has 1 aliphatic rings. The maximum atomic E-state index is 13.1. The van der Waals surface area contributed by atoms with Crippen LogP contribution in [-0.4, -0.2) is 75.8 Å². The molecule has 1 fully saturated rings. The van der Waals surface area contributed by atoms with Crippen molar-refractivity contribution in [1.82, 2.24) is 19.6 Å². The molecule has 0 unspecified atom stereocenters. The summed E-state index contributed by atoms with van der Waals surface area (Å²) in [5.74, 6) is 1.19.